The molecule has 2 aromatic carbocycles. The third kappa shape index (κ3) is 4.08. The van der Waals surface area contributed by atoms with Crippen molar-refractivity contribution < 1.29 is 30.0 Å². The number of alkyl halides is 3. The summed E-state index contributed by atoms with van der Waals surface area (Å²) in [5, 5.41) is 7.51. The van der Waals surface area contributed by atoms with Crippen molar-refractivity contribution in [3.63, 3.8) is 0 Å². The first-order valence-electron chi connectivity index (χ1n) is 7.49. The number of hydrogen-bond donors (Lipinski definition) is 3. The van der Waals surface area contributed by atoms with E-state index in [1.54, 1.807) is 30.3 Å². The maximum Gasteiger partial charge on any atom is 0.417 e. The highest BCUT2D eigenvalue weighted by Gasteiger charge is 2.40. The number of nitrogens with two attached hydrogens (primary N) is 1. The second-order valence-electron chi connectivity index (χ2n) is 5.90. The number of benzene rings is 2. The summed E-state index contributed by atoms with van der Waals surface area (Å²) in [5.41, 5.74) is -1.14. The number of halogens is 3. The summed E-state index contributed by atoms with van der Waals surface area (Å²) in [6, 6.07) is 9.57. The van der Waals surface area contributed by atoms with E-state index in [2.05, 4.69) is 10.0 Å². The topological polar surface area (TPSA) is 118 Å². The first kappa shape index (κ1) is 19.6. The summed E-state index contributed by atoms with van der Waals surface area (Å²) in [5.74, 6) is 0. The molecule has 3 rings (SSSR count). The molecule has 0 amide bonds. The number of hydrogen-bond acceptors (Lipinski definition) is 5. The van der Waals surface area contributed by atoms with Gasteiger partial charge in [-0.25, -0.2) is 22.0 Å². The molecule has 0 unspecified atom stereocenters. The molecular formula is C15H14F3N3O4S2. The van der Waals surface area contributed by atoms with Crippen LogP contribution in [0.4, 0.5) is 18.9 Å². The summed E-state index contributed by atoms with van der Waals surface area (Å²) in [6.45, 7) is 0. The van der Waals surface area contributed by atoms with Crippen LogP contribution in [0.1, 0.15) is 11.1 Å². The Morgan fingerprint density at radius 2 is 1.74 bits per heavy atom. The van der Waals surface area contributed by atoms with E-state index in [-0.39, 0.29) is 12.1 Å². The molecule has 0 saturated heterocycles. The van der Waals surface area contributed by atoms with Gasteiger partial charge in [0.05, 0.1) is 22.3 Å². The molecule has 0 bridgehead atoms. The third-order valence-electron chi connectivity index (χ3n) is 3.89. The van der Waals surface area contributed by atoms with Gasteiger partial charge < -0.3 is 5.32 Å². The van der Waals surface area contributed by atoms with Gasteiger partial charge in [-0.15, -0.1) is 0 Å². The van der Waals surface area contributed by atoms with Crippen LogP contribution in [0.5, 0.6) is 0 Å². The van der Waals surface area contributed by atoms with E-state index < -0.39 is 47.7 Å². The van der Waals surface area contributed by atoms with Gasteiger partial charge in [-0.2, -0.15) is 17.9 Å². The zero-order valence-electron chi connectivity index (χ0n) is 13.5. The number of nitrogens with one attached hydrogen (secondary N) is 2. The zero-order valence-corrected chi connectivity index (χ0v) is 15.1. The van der Waals surface area contributed by atoms with Crippen molar-refractivity contribution in [1.82, 2.24) is 4.72 Å². The van der Waals surface area contributed by atoms with Crippen LogP contribution in [0.15, 0.2) is 52.3 Å². The summed E-state index contributed by atoms with van der Waals surface area (Å²) in [7, 11) is -9.06. The normalized spacial score (nSPS) is 19.2. The van der Waals surface area contributed by atoms with Crippen LogP contribution in [0.2, 0.25) is 0 Å². The van der Waals surface area contributed by atoms with Crippen molar-refractivity contribution >= 4 is 25.7 Å². The fourth-order valence-electron chi connectivity index (χ4n) is 2.76. The summed E-state index contributed by atoms with van der Waals surface area (Å²) < 4.78 is 90.1. The lowest BCUT2D eigenvalue weighted by atomic mass is 10.1. The molecule has 0 saturated carbocycles. The molecule has 2 aromatic rings. The highest BCUT2D eigenvalue weighted by atomic mass is 32.2. The van der Waals surface area contributed by atoms with Gasteiger partial charge in [0.25, 0.3) is 0 Å². The fraction of sp³-hybridized carbons (Fsp3) is 0.200. The summed E-state index contributed by atoms with van der Waals surface area (Å²) >= 11 is 0. The van der Waals surface area contributed by atoms with Crippen LogP contribution in [-0.4, -0.2) is 23.0 Å². The Kier molecular flexibility index (Phi) is 4.70. The van der Waals surface area contributed by atoms with Crippen molar-refractivity contribution in [3.8, 4) is 0 Å². The van der Waals surface area contributed by atoms with Crippen molar-refractivity contribution in [2.75, 3.05) is 5.32 Å². The fourth-order valence-corrected chi connectivity index (χ4v) is 4.93. The molecular weight excluding hydrogens is 407 g/mol. The molecule has 7 nitrogen and oxygen atoms in total. The van der Waals surface area contributed by atoms with Crippen molar-refractivity contribution in [3.05, 3.63) is 53.6 Å². The Morgan fingerprint density at radius 3 is 2.30 bits per heavy atom. The molecule has 12 heteroatoms. The van der Waals surface area contributed by atoms with Gasteiger partial charge in [-0.3, -0.25) is 0 Å². The lowest BCUT2D eigenvalue weighted by Gasteiger charge is -2.29. The third-order valence-corrected chi connectivity index (χ3v) is 6.36. The SMILES string of the molecule is NS(=O)(=O)c1cc2c(cc1C(F)(F)F)N[C@@H](Cc1ccccc1)NS2(=O)=O. The van der Waals surface area contributed by atoms with E-state index in [1.165, 1.54) is 0 Å². The Hall–Kier alpha value is -2.15. The van der Waals surface area contributed by atoms with E-state index in [1.807, 2.05) is 0 Å². The van der Waals surface area contributed by atoms with Crippen molar-refractivity contribution in [1.29, 1.82) is 0 Å². The predicted molar refractivity (Wildman–Crippen MR) is 90.7 cm³/mol. The smallest absolute Gasteiger partial charge is 0.368 e. The van der Waals surface area contributed by atoms with E-state index >= 15 is 0 Å². The van der Waals surface area contributed by atoms with Gasteiger partial charge in [0.2, 0.25) is 20.0 Å². The number of sulfonamides is 2. The maximum atomic E-state index is 13.3. The molecule has 1 atom stereocenters. The lowest BCUT2D eigenvalue weighted by Crippen LogP contribution is -2.46. The molecule has 0 spiro atoms. The number of fused-ring (bicyclic) bond motifs is 1. The number of anilines is 1. The molecule has 4 N–H and O–H groups in total. The van der Waals surface area contributed by atoms with Crippen molar-refractivity contribution in [2.45, 2.75) is 28.6 Å². The van der Waals surface area contributed by atoms with E-state index in [0.29, 0.717) is 12.1 Å². The molecule has 0 fully saturated rings. The van der Waals surface area contributed by atoms with Crippen LogP contribution < -0.4 is 15.2 Å². The van der Waals surface area contributed by atoms with Gasteiger partial charge >= 0.3 is 6.18 Å². The average Bonchev–Trinajstić information content (AvgIpc) is 2.52. The minimum atomic E-state index is -5.04. The molecule has 1 heterocycles. The van der Waals surface area contributed by atoms with Gasteiger partial charge in [0, 0.05) is 6.42 Å². The Morgan fingerprint density at radius 1 is 1.11 bits per heavy atom. The average molecular weight is 421 g/mol. The monoisotopic (exact) mass is 421 g/mol. The van der Waals surface area contributed by atoms with Crippen molar-refractivity contribution in [2.24, 2.45) is 5.14 Å². The largest absolute Gasteiger partial charge is 0.417 e. The Balaban J connectivity index is 2.11. The van der Waals surface area contributed by atoms with Gasteiger partial charge in [-0.1, -0.05) is 30.3 Å². The second-order valence-corrected chi connectivity index (χ2v) is 9.11. The molecule has 0 aliphatic carbocycles. The summed E-state index contributed by atoms with van der Waals surface area (Å²) in [6.07, 6.45) is -5.79. The van der Waals surface area contributed by atoms with E-state index in [9.17, 15) is 30.0 Å². The number of primary sulfonamides is 1. The Labute approximate surface area is 153 Å². The second kappa shape index (κ2) is 6.48. The Bertz CT molecular complexity index is 1090. The first-order chi connectivity index (χ1) is 12.4. The van der Waals surface area contributed by atoms with Gasteiger partial charge in [0.15, 0.2) is 0 Å². The molecule has 146 valence electrons. The number of rotatable bonds is 3. The van der Waals surface area contributed by atoms with Crippen LogP contribution >= 0.6 is 0 Å². The molecule has 27 heavy (non-hydrogen) atoms. The molecule has 1 aliphatic heterocycles. The van der Waals surface area contributed by atoms with Gasteiger partial charge in [0.1, 0.15) is 4.90 Å². The molecule has 0 aromatic heterocycles. The maximum absolute atomic E-state index is 13.3. The van der Waals surface area contributed by atoms with Crippen LogP contribution in [0, 0.1) is 0 Å². The summed E-state index contributed by atoms with van der Waals surface area (Å²) in [4.78, 5) is -1.92. The van der Waals surface area contributed by atoms with E-state index in [4.69, 9.17) is 5.14 Å². The zero-order chi connectivity index (χ0) is 20.0. The minimum Gasteiger partial charge on any atom is -0.368 e. The predicted octanol–water partition coefficient (Wildman–Crippen LogP) is 1.63. The first-order valence-corrected chi connectivity index (χ1v) is 10.5. The highest BCUT2D eigenvalue weighted by Crippen LogP contribution is 2.39. The van der Waals surface area contributed by atoms with Crippen LogP contribution in [0.3, 0.4) is 0 Å². The van der Waals surface area contributed by atoms with Crippen LogP contribution in [-0.2, 0) is 32.6 Å². The van der Waals surface area contributed by atoms with E-state index in [0.717, 1.165) is 5.56 Å². The standard InChI is InChI=1S/C15H14F3N3O4S2/c16-15(17,18)10-7-11-13(8-12(10)26(19,22)23)27(24,25)21-14(20-11)6-9-4-2-1-3-5-9/h1-5,7-8,14,20-21H,6H2,(H2,19,22,23)/t14-/m1/s1. The molecule has 1 aliphatic rings. The lowest BCUT2D eigenvalue weighted by molar-refractivity contribution is -0.139. The van der Waals surface area contributed by atoms with Gasteiger partial charge in [-0.05, 0) is 17.7 Å². The quantitative estimate of drug-likeness (QED) is 0.696. The molecule has 0 radical (unpaired) electrons. The van der Waals surface area contributed by atoms with Crippen LogP contribution in [0.25, 0.3) is 0 Å². The highest BCUT2D eigenvalue weighted by molar-refractivity contribution is 7.90. The minimum absolute atomic E-state index is 0.164.